The van der Waals surface area contributed by atoms with Crippen LogP contribution in [0.2, 0.25) is 0 Å². The van der Waals surface area contributed by atoms with Crippen molar-refractivity contribution in [3.63, 3.8) is 0 Å². The van der Waals surface area contributed by atoms with E-state index in [0.29, 0.717) is 10.6 Å². The second-order valence-corrected chi connectivity index (χ2v) is 7.32. The lowest BCUT2D eigenvalue weighted by atomic mass is 10.2. The van der Waals surface area contributed by atoms with Gasteiger partial charge in [0.2, 0.25) is 5.91 Å². The van der Waals surface area contributed by atoms with Gasteiger partial charge in [-0.15, -0.1) is 0 Å². The minimum absolute atomic E-state index is 0.137. The molecule has 29 heavy (non-hydrogen) atoms. The summed E-state index contributed by atoms with van der Waals surface area (Å²) in [5, 5.41) is 5.32. The van der Waals surface area contributed by atoms with Crippen molar-refractivity contribution in [3.8, 4) is 0 Å². The molecule has 10 heteroatoms. The fraction of sp³-hybridized carbons (Fsp3) is 0.316. The number of imide groups is 1. The van der Waals surface area contributed by atoms with Crippen LogP contribution in [0.15, 0.2) is 30.3 Å². The van der Waals surface area contributed by atoms with Gasteiger partial charge in [-0.25, -0.2) is 14.6 Å². The predicted molar refractivity (Wildman–Crippen MR) is 105 cm³/mol. The fourth-order valence-electron chi connectivity index (χ4n) is 2.82. The number of nitrogens with one attached hydrogen (secondary N) is 2. The van der Waals surface area contributed by atoms with Crippen molar-refractivity contribution in [3.05, 3.63) is 46.5 Å². The molecule has 0 bridgehead atoms. The topological polar surface area (TPSA) is 118 Å². The molecule has 1 aromatic carbocycles. The first-order chi connectivity index (χ1) is 13.9. The highest BCUT2D eigenvalue weighted by Crippen LogP contribution is 2.24. The number of aryl methyl sites for hydroxylation is 1. The Morgan fingerprint density at radius 1 is 1.28 bits per heavy atom. The first-order valence-electron chi connectivity index (χ1n) is 8.99. The van der Waals surface area contributed by atoms with E-state index in [0.717, 1.165) is 21.8 Å². The molecule has 0 saturated carbocycles. The van der Waals surface area contributed by atoms with E-state index in [-0.39, 0.29) is 24.7 Å². The summed E-state index contributed by atoms with van der Waals surface area (Å²) in [4.78, 5) is 54.3. The van der Waals surface area contributed by atoms with Gasteiger partial charge in [-0.05, 0) is 19.4 Å². The van der Waals surface area contributed by atoms with Crippen molar-refractivity contribution < 1.29 is 23.9 Å². The lowest BCUT2D eigenvalue weighted by Gasteiger charge is -2.12. The van der Waals surface area contributed by atoms with E-state index in [4.69, 9.17) is 4.74 Å². The quantitative estimate of drug-likeness (QED) is 0.527. The summed E-state index contributed by atoms with van der Waals surface area (Å²) in [7, 11) is 0. The minimum atomic E-state index is -0.947. The van der Waals surface area contributed by atoms with Gasteiger partial charge in [-0.3, -0.25) is 14.5 Å². The molecule has 9 nitrogen and oxygen atoms in total. The number of rotatable bonds is 7. The largest absolute Gasteiger partial charge is 0.462 e. The number of nitrogens with zero attached hydrogens (tertiary/aromatic N) is 2. The van der Waals surface area contributed by atoms with E-state index < -0.39 is 29.9 Å². The zero-order valence-corrected chi connectivity index (χ0v) is 16.7. The van der Waals surface area contributed by atoms with Crippen LogP contribution in [0.5, 0.6) is 0 Å². The van der Waals surface area contributed by atoms with E-state index in [1.165, 1.54) is 0 Å². The molecule has 0 unspecified atom stereocenters. The van der Waals surface area contributed by atoms with Crippen molar-refractivity contribution in [2.75, 3.05) is 11.9 Å². The van der Waals surface area contributed by atoms with Gasteiger partial charge in [0.1, 0.15) is 10.9 Å². The Kier molecular flexibility index (Phi) is 6.23. The molecule has 2 heterocycles. The highest BCUT2D eigenvalue weighted by atomic mass is 32.1. The molecular formula is C19H20N4O5S. The third kappa shape index (κ3) is 4.77. The summed E-state index contributed by atoms with van der Waals surface area (Å²) in [6, 6.07) is 7.62. The SMILES string of the molecule is CCOC(=O)c1sc(NC(=O)C[C@@H]2NC(=O)N(Cc3ccccc3)C2=O)nc1C. The Bertz CT molecular complexity index is 943. The van der Waals surface area contributed by atoms with E-state index in [1.54, 1.807) is 13.8 Å². The highest BCUT2D eigenvalue weighted by Gasteiger charge is 2.39. The van der Waals surface area contributed by atoms with Crippen molar-refractivity contribution in [1.29, 1.82) is 0 Å². The van der Waals surface area contributed by atoms with Gasteiger partial charge < -0.3 is 15.4 Å². The van der Waals surface area contributed by atoms with Crippen LogP contribution in [0.1, 0.15) is 34.3 Å². The smallest absolute Gasteiger partial charge is 0.350 e. The van der Waals surface area contributed by atoms with Gasteiger partial charge in [0.15, 0.2) is 5.13 Å². The number of carbonyl (C=O) groups is 4. The molecule has 0 radical (unpaired) electrons. The molecule has 152 valence electrons. The number of ether oxygens (including phenoxy) is 1. The highest BCUT2D eigenvalue weighted by molar-refractivity contribution is 7.17. The lowest BCUT2D eigenvalue weighted by molar-refractivity contribution is -0.130. The molecule has 1 atom stereocenters. The Labute approximate surface area is 171 Å². The molecule has 4 amide bonds. The number of esters is 1. The van der Waals surface area contributed by atoms with Gasteiger partial charge in [0.05, 0.1) is 25.3 Å². The Hall–Kier alpha value is -3.27. The number of benzene rings is 1. The average molecular weight is 416 g/mol. The van der Waals surface area contributed by atoms with Crippen LogP contribution in [-0.4, -0.2) is 46.3 Å². The molecule has 3 rings (SSSR count). The zero-order valence-electron chi connectivity index (χ0n) is 15.9. The zero-order chi connectivity index (χ0) is 21.0. The monoisotopic (exact) mass is 416 g/mol. The maximum absolute atomic E-state index is 12.5. The third-order valence-corrected chi connectivity index (χ3v) is 5.24. The second kappa shape index (κ2) is 8.82. The number of amides is 4. The third-order valence-electron chi connectivity index (χ3n) is 4.18. The van der Waals surface area contributed by atoms with Gasteiger partial charge in [-0.2, -0.15) is 0 Å². The minimum Gasteiger partial charge on any atom is -0.462 e. The molecule has 1 saturated heterocycles. The van der Waals surface area contributed by atoms with E-state index in [9.17, 15) is 19.2 Å². The van der Waals surface area contributed by atoms with Gasteiger partial charge >= 0.3 is 12.0 Å². The number of urea groups is 1. The number of anilines is 1. The Morgan fingerprint density at radius 2 is 2.00 bits per heavy atom. The van der Waals surface area contributed by atoms with Gasteiger partial charge in [-0.1, -0.05) is 41.7 Å². The van der Waals surface area contributed by atoms with Crippen LogP contribution in [0, 0.1) is 6.92 Å². The molecular weight excluding hydrogens is 396 g/mol. The van der Waals surface area contributed by atoms with Crippen LogP contribution in [0.4, 0.5) is 9.93 Å². The summed E-state index contributed by atoms with van der Waals surface area (Å²) in [6.45, 7) is 3.71. The number of thiazole rings is 1. The van der Waals surface area contributed by atoms with Crippen LogP contribution < -0.4 is 10.6 Å². The Balaban J connectivity index is 1.60. The molecule has 2 aromatic rings. The van der Waals surface area contributed by atoms with Crippen LogP contribution in [0.25, 0.3) is 0 Å². The number of hydrogen-bond acceptors (Lipinski definition) is 7. The molecule has 1 aromatic heterocycles. The average Bonchev–Trinajstić information content (AvgIpc) is 3.17. The van der Waals surface area contributed by atoms with Crippen molar-refractivity contribution in [2.45, 2.75) is 32.9 Å². The normalized spacial score (nSPS) is 15.9. The molecule has 1 fully saturated rings. The number of carbonyl (C=O) groups excluding carboxylic acids is 4. The molecule has 0 aliphatic carbocycles. The summed E-state index contributed by atoms with van der Waals surface area (Å²) < 4.78 is 4.94. The molecule has 1 aliphatic rings. The number of aromatic nitrogens is 1. The van der Waals surface area contributed by atoms with Crippen molar-refractivity contribution in [1.82, 2.24) is 15.2 Å². The standard InChI is InChI=1S/C19H20N4O5S/c1-3-28-17(26)15-11(2)20-18(29-15)22-14(24)9-13-16(25)23(19(27)21-13)10-12-7-5-4-6-8-12/h4-8,13H,3,9-10H2,1-2H3,(H,21,27)(H,20,22,24)/t13-/m0/s1. The Morgan fingerprint density at radius 3 is 2.69 bits per heavy atom. The van der Waals surface area contributed by atoms with Crippen molar-refractivity contribution in [2.24, 2.45) is 0 Å². The molecule has 1 aliphatic heterocycles. The summed E-state index contributed by atoms with van der Waals surface area (Å²) in [5.41, 5.74) is 1.26. The van der Waals surface area contributed by atoms with Crippen LogP contribution >= 0.6 is 11.3 Å². The van der Waals surface area contributed by atoms with Crippen LogP contribution in [-0.2, 0) is 20.9 Å². The summed E-state index contributed by atoms with van der Waals surface area (Å²) in [6.07, 6.45) is -0.233. The van der Waals surface area contributed by atoms with E-state index in [1.807, 2.05) is 30.3 Å². The summed E-state index contributed by atoms with van der Waals surface area (Å²) >= 11 is 0.997. The van der Waals surface area contributed by atoms with Gasteiger partial charge in [0.25, 0.3) is 5.91 Å². The lowest BCUT2D eigenvalue weighted by Crippen LogP contribution is -2.34. The first kappa shape index (κ1) is 20.5. The summed E-state index contributed by atoms with van der Waals surface area (Å²) in [5.74, 6) is -1.45. The molecule has 2 N–H and O–H groups in total. The molecule has 0 spiro atoms. The first-order valence-corrected chi connectivity index (χ1v) is 9.81. The maximum Gasteiger partial charge on any atom is 0.350 e. The van der Waals surface area contributed by atoms with Crippen molar-refractivity contribution >= 4 is 40.3 Å². The predicted octanol–water partition coefficient (Wildman–Crippen LogP) is 2.08. The second-order valence-electron chi connectivity index (χ2n) is 6.32. The van der Waals surface area contributed by atoms with E-state index >= 15 is 0 Å². The number of hydrogen-bond donors (Lipinski definition) is 2. The maximum atomic E-state index is 12.5. The van der Waals surface area contributed by atoms with Gasteiger partial charge in [0, 0.05) is 0 Å². The fourth-order valence-corrected chi connectivity index (χ4v) is 3.70. The van der Waals surface area contributed by atoms with Crippen LogP contribution in [0.3, 0.4) is 0 Å². The van der Waals surface area contributed by atoms with E-state index in [2.05, 4.69) is 15.6 Å².